The number of carbonyl (C=O) groups is 1. The first-order valence-corrected chi connectivity index (χ1v) is 11.6. The minimum Gasteiger partial charge on any atom is -0.492 e. The number of benzene rings is 3. The average Bonchev–Trinajstić information content (AvgIpc) is 2.76. The van der Waals surface area contributed by atoms with Gasteiger partial charge in [-0.3, -0.25) is 9.10 Å². The number of amides is 1. The van der Waals surface area contributed by atoms with Gasteiger partial charge in [0.25, 0.3) is 5.91 Å². The van der Waals surface area contributed by atoms with Crippen molar-refractivity contribution >= 4 is 21.6 Å². The number of nitrogens with zero attached hydrogens (tertiary/aromatic N) is 1. The third-order valence-corrected chi connectivity index (χ3v) is 5.66. The van der Waals surface area contributed by atoms with Crippen molar-refractivity contribution in [2.24, 2.45) is 0 Å². The van der Waals surface area contributed by atoms with Gasteiger partial charge in [-0.05, 0) is 54.1 Å². The van der Waals surface area contributed by atoms with Gasteiger partial charge in [-0.25, -0.2) is 17.2 Å². The minimum atomic E-state index is -3.73. The van der Waals surface area contributed by atoms with E-state index in [1.165, 1.54) is 42.5 Å². The molecule has 6 nitrogen and oxygen atoms in total. The molecule has 3 rings (SSSR count). The van der Waals surface area contributed by atoms with Gasteiger partial charge >= 0.3 is 0 Å². The van der Waals surface area contributed by atoms with Crippen LogP contribution in [0, 0.1) is 11.6 Å². The third-order valence-electron chi connectivity index (χ3n) is 4.53. The lowest BCUT2D eigenvalue weighted by Gasteiger charge is -2.23. The Kier molecular flexibility index (Phi) is 7.42. The number of rotatable bonds is 9. The summed E-state index contributed by atoms with van der Waals surface area (Å²) in [5.41, 5.74) is 0.931. The molecular weight excluding hydrogens is 438 g/mol. The molecule has 0 aliphatic carbocycles. The highest BCUT2D eigenvalue weighted by Gasteiger charge is 2.21. The molecule has 0 aliphatic rings. The highest BCUT2D eigenvalue weighted by atomic mass is 32.2. The molecule has 3 aromatic carbocycles. The summed E-state index contributed by atoms with van der Waals surface area (Å²) in [5, 5.41) is 2.70. The molecule has 0 heterocycles. The van der Waals surface area contributed by atoms with Crippen molar-refractivity contribution in [2.45, 2.75) is 6.54 Å². The number of halogens is 2. The lowest BCUT2D eigenvalue weighted by atomic mass is 10.1. The molecule has 0 atom stereocenters. The Morgan fingerprint density at radius 2 is 1.62 bits per heavy atom. The maximum Gasteiger partial charge on any atom is 0.251 e. The molecule has 1 N–H and O–H groups in total. The van der Waals surface area contributed by atoms with Crippen LogP contribution in [0.4, 0.5) is 14.5 Å². The molecule has 9 heteroatoms. The molecule has 0 aliphatic heterocycles. The summed E-state index contributed by atoms with van der Waals surface area (Å²) in [5.74, 6) is -0.831. The molecule has 0 unspecified atom stereocenters. The molecule has 32 heavy (non-hydrogen) atoms. The van der Waals surface area contributed by atoms with E-state index in [2.05, 4.69) is 5.32 Å². The topological polar surface area (TPSA) is 75.7 Å². The summed E-state index contributed by atoms with van der Waals surface area (Å²) in [6.07, 6.45) is 1.01. The Morgan fingerprint density at radius 1 is 0.969 bits per heavy atom. The van der Waals surface area contributed by atoms with Gasteiger partial charge in [-0.15, -0.1) is 0 Å². The van der Waals surface area contributed by atoms with Gasteiger partial charge in [0, 0.05) is 5.56 Å². The van der Waals surface area contributed by atoms with Crippen LogP contribution in [0.3, 0.4) is 0 Å². The van der Waals surface area contributed by atoms with Crippen molar-refractivity contribution in [1.29, 1.82) is 0 Å². The van der Waals surface area contributed by atoms with E-state index in [9.17, 15) is 22.0 Å². The van der Waals surface area contributed by atoms with E-state index in [0.29, 0.717) is 16.9 Å². The van der Waals surface area contributed by atoms with E-state index in [-0.39, 0.29) is 37.1 Å². The van der Waals surface area contributed by atoms with Crippen molar-refractivity contribution < 1.29 is 26.7 Å². The summed E-state index contributed by atoms with van der Waals surface area (Å²) >= 11 is 0. The average molecular weight is 461 g/mol. The van der Waals surface area contributed by atoms with Gasteiger partial charge < -0.3 is 10.1 Å². The van der Waals surface area contributed by atoms with Crippen LogP contribution in [0.2, 0.25) is 0 Å². The van der Waals surface area contributed by atoms with Gasteiger partial charge in [0.1, 0.15) is 24.0 Å². The van der Waals surface area contributed by atoms with Crippen molar-refractivity contribution in [3.63, 3.8) is 0 Å². The third kappa shape index (κ3) is 6.27. The van der Waals surface area contributed by atoms with Crippen molar-refractivity contribution in [2.75, 3.05) is 23.7 Å². The molecule has 1 amide bonds. The van der Waals surface area contributed by atoms with E-state index in [1.54, 1.807) is 30.3 Å². The molecule has 0 saturated heterocycles. The molecule has 0 fully saturated rings. The highest BCUT2D eigenvalue weighted by Crippen LogP contribution is 2.23. The second-order valence-electron chi connectivity index (χ2n) is 6.98. The zero-order valence-corrected chi connectivity index (χ0v) is 18.1. The molecular formula is C23H22F2N2O4S. The predicted octanol–water partition coefficient (Wildman–Crippen LogP) is 3.74. The standard InChI is InChI=1S/C23H22F2N2O4S/c1-32(29,30)27(22-5-3-2-4-21(22)25)16-17-6-8-18(9-7-17)23(28)26-14-15-31-20-12-10-19(24)11-13-20/h2-13H,14-16H2,1H3,(H,26,28). The molecule has 0 spiro atoms. The number of anilines is 1. The van der Waals surface area contributed by atoms with Crippen LogP contribution in [0.5, 0.6) is 5.75 Å². The normalized spacial score (nSPS) is 11.1. The monoisotopic (exact) mass is 460 g/mol. The van der Waals surface area contributed by atoms with Crippen LogP contribution < -0.4 is 14.4 Å². The van der Waals surface area contributed by atoms with Crippen molar-refractivity contribution in [3.05, 3.63) is 95.6 Å². The Bertz CT molecular complexity index is 1170. The van der Waals surface area contributed by atoms with Crippen LogP contribution in [-0.4, -0.2) is 33.7 Å². The summed E-state index contributed by atoms with van der Waals surface area (Å²) in [6.45, 7) is 0.377. The number of carbonyl (C=O) groups excluding carboxylic acids is 1. The maximum absolute atomic E-state index is 14.1. The smallest absolute Gasteiger partial charge is 0.251 e. The fraction of sp³-hybridized carbons (Fsp3) is 0.174. The molecule has 0 saturated carbocycles. The van der Waals surface area contributed by atoms with Gasteiger partial charge in [-0.1, -0.05) is 24.3 Å². The zero-order chi connectivity index (χ0) is 23.1. The molecule has 0 radical (unpaired) electrons. The Labute approximate surface area is 185 Å². The number of ether oxygens (including phenoxy) is 1. The number of hydrogen-bond donors (Lipinski definition) is 1. The lowest BCUT2D eigenvalue weighted by molar-refractivity contribution is 0.0947. The van der Waals surface area contributed by atoms with Crippen LogP contribution in [-0.2, 0) is 16.6 Å². The summed E-state index contributed by atoms with van der Waals surface area (Å²) in [4.78, 5) is 12.3. The molecule has 0 aromatic heterocycles. The number of hydrogen-bond acceptors (Lipinski definition) is 4. The van der Waals surface area contributed by atoms with Crippen LogP contribution >= 0.6 is 0 Å². The fourth-order valence-electron chi connectivity index (χ4n) is 2.93. The molecule has 0 bridgehead atoms. The van der Waals surface area contributed by atoms with Gasteiger partial charge in [0.2, 0.25) is 10.0 Å². The van der Waals surface area contributed by atoms with Crippen LogP contribution in [0.25, 0.3) is 0 Å². The van der Waals surface area contributed by atoms with E-state index >= 15 is 0 Å². The summed E-state index contributed by atoms with van der Waals surface area (Å²) in [7, 11) is -3.73. The minimum absolute atomic E-state index is 0.0435. The molecule has 168 valence electrons. The van der Waals surface area contributed by atoms with Gasteiger partial charge in [0.15, 0.2) is 0 Å². The quantitative estimate of drug-likeness (QED) is 0.494. The van der Waals surface area contributed by atoms with Gasteiger partial charge in [-0.2, -0.15) is 0 Å². The van der Waals surface area contributed by atoms with Crippen molar-refractivity contribution in [3.8, 4) is 5.75 Å². The van der Waals surface area contributed by atoms with E-state index in [1.807, 2.05) is 0 Å². The second kappa shape index (κ2) is 10.2. The first kappa shape index (κ1) is 23.2. The Morgan fingerprint density at radius 3 is 2.25 bits per heavy atom. The maximum atomic E-state index is 14.1. The summed E-state index contributed by atoms with van der Waals surface area (Å²) < 4.78 is 57.8. The molecule has 3 aromatic rings. The Balaban J connectivity index is 1.58. The first-order chi connectivity index (χ1) is 15.2. The van der Waals surface area contributed by atoms with Gasteiger partial charge in [0.05, 0.1) is 25.0 Å². The van der Waals surface area contributed by atoms with Crippen LogP contribution in [0.1, 0.15) is 15.9 Å². The second-order valence-corrected chi connectivity index (χ2v) is 8.88. The predicted molar refractivity (Wildman–Crippen MR) is 118 cm³/mol. The van der Waals surface area contributed by atoms with E-state index in [0.717, 1.165) is 10.6 Å². The van der Waals surface area contributed by atoms with E-state index < -0.39 is 15.8 Å². The van der Waals surface area contributed by atoms with Crippen molar-refractivity contribution in [1.82, 2.24) is 5.32 Å². The Hall–Kier alpha value is -3.46. The zero-order valence-electron chi connectivity index (χ0n) is 17.3. The first-order valence-electron chi connectivity index (χ1n) is 9.72. The SMILES string of the molecule is CS(=O)(=O)N(Cc1ccc(C(=O)NCCOc2ccc(F)cc2)cc1)c1ccccc1F. The fourth-order valence-corrected chi connectivity index (χ4v) is 3.82. The highest BCUT2D eigenvalue weighted by molar-refractivity contribution is 7.92. The van der Waals surface area contributed by atoms with Crippen LogP contribution in [0.15, 0.2) is 72.8 Å². The largest absolute Gasteiger partial charge is 0.492 e. The number of para-hydroxylation sites is 1. The summed E-state index contributed by atoms with van der Waals surface area (Å²) in [6, 6.07) is 17.5. The van der Waals surface area contributed by atoms with E-state index in [4.69, 9.17) is 4.74 Å². The number of sulfonamides is 1. The number of nitrogens with one attached hydrogen (secondary N) is 1. The lowest BCUT2D eigenvalue weighted by Crippen LogP contribution is -2.30.